The summed E-state index contributed by atoms with van der Waals surface area (Å²) in [6.45, 7) is 1.78. The third-order valence-electron chi connectivity index (χ3n) is 1.40. The number of rotatable bonds is 4. The van der Waals surface area contributed by atoms with Gasteiger partial charge < -0.3 is 0 Å². The van der Waals surface area contributed by atoms with Crippen LogP contribution in [0.1, 0.15) is 24.0 Å². The van der Waals surface area contributed by atoms with Gasteiger partial charge in [0.25, 0.3) is 0 Å². The Labute approximate surface area is 68.6 Å². The summed E-state index contributed by atoms with van der Waals surface area (Å²) < 4.78 is 13.6. The second-order valence-electron chi connectivity index (χ2n) is 2.45. The quantitative estimate of drug-likeness (QED) is 0.610. The lowest BCUT2D eigenvalue weighted by Crippen LogP contribution is -2.08. The minimum Gasteiger partial charge on any atom is -0.294 e. The molecule has 5 nitrogen and oxygen atoms in total. The summed E-state index contributed by atoms with van der Waals surface area (Å²) >= 11 is 0. The first-order valence-electron chi connectivity index (χ1n) is 3.59. The van der Waals surface area contributed by atoms with Gasteiger partial charge >= 0.3 is 0 Å². The van der Waals surface area contributed by atoms with Crippen molar-refractivity contribution in [1.82, 2.24) is 20.2 Å². The smallest absolute Gasteiger partial charge is 0.214 e. The van der Waals surface area contributed by atoms with Gasteiger partial charge in [-0.05, 0) is 23.8 Å². The van der Waals surface area contributed by atoms with E-state index in [0.717, 1.165) is 0 Å². The number of aldehydes is 1. The molecule has 0 aliphatic heterocycles. The maximum Gasteiger partial charge on any atom is 0.214 e. The predicted molar refractivity (Wildman–Crippen MR) is 38.4 cm³/mol. The van der Waals surface area contributed by atoms with Gasteiger partial charge in [-0.3, -0.25) is 4.79 Å². The first-order chi connectivity index (χ1) is 5.74. The lowest BCUT2D eigenvalue weighted by atomic mass is 10.3. The van der Waals surface area contributed by atoms with Gasteiger partial charge in [0, 0.05) is 6.54 Å². The van der Waals surface area contributed by atoms with Crippen molar-refractivity contribution >= 4 is 6.29 Å². The van der Waals surface area contributed by atoms with E-state index < -0.39 is 6.17 Å². The van der Waals surface area contributed by atoms with E-state index in [9.17, 15) is 9.18 Å². The van der Waals surface area contributed by atoms with Gasteiger partial charge in [-0.25, -0.2) is 9.07 Å². The molecule has 1 aromatic heterocycles. The van der Waals surface area contributed by atoms with Gasteiger partial charge in [-0.2, -0.15) is 0 Å². The van der Waals surface area contributed by atoms with E-state index in [2.05, 4.69) is 15.5 Å². The zero-order valence-electron chi connectivity index (χ0n) is 6.64. The van der Waals surface area contributed by atoms with Crippen LogP contribution in [0.15, 0.2) is 0 Å². The SMILES string of the molecule is CC(F)CCn1nnnc1C=O. The van der Waals surface area contributed by atoms with Crippen LogP contribution in [0.3, 0.4) is 0 Å². The van der Waals surface area contributed by atoms with Gasteiger partial charge in [0.15, 0.2) is 6.29 Å². The van der Waals surface area contributed by atoms with Crippen molar-refractivity contribution in [3.63, 3.8) is 0 Å². The van der Waals surface area contributed by atoms with E-state index in [-0.39, 0.29) is 5.82 Å². The largest absolute Gasteiger partial charge is 0.294 e. The van der Waals surface area contributed by atoms with E-state index in [1.807, 2.05) is 0 Å². The van der Waals surface area contributed by atoms with E-state index in [1.54, 1.807) is 0 Å². The number of hydrogen-bond acceptors (Lipinski definition) is 4. The van der Waals surface area contributed by atoms with Crippen LogP contribution in [-0.2, 0) is 6.54 Å². The fourth-order valence-electron chi connectivity index (χ4n) is 0.755. The molecule has 1 atom stereocenters. The number of hydrogen-bond donors (Lipinski definition) is 0. The molecule has 66 valence electrons. The topological polar surface area (TPSA) is 60.7 Å². The minimum absolute atomic E-state index is 0.135. The second kappa shape index (κ2) is 3.89. The van der Waals surface area contributed by atoms with E-state index >= 15 is 0 Å². The molecule has 1 rings (SSSR count). The van der Waals surface area contributed by atoms with Crippen molar-refractivity contribution in [2.45, 2.75) is 26.1 Å². The molecule has 1 aromatic rings. The Morgan fingerprint density at radius 3 is 3.08 bits per heavy atom. The number of tetrazole rings is 1. The number of carbonyl (C=O) groups excluding carboxylic acids is 1. The molecular formula is C6H9FN4O. The monoisotopic (exact) mass is 172 g/mol. The molecule has 0 amide bonds. The minimum atomic E-state index is -0.909. The van der Waals surface area contributed by atoms with Crippen LogP contribution in [0, 0.1) is 0 Å². The summed E-state index contributed by atoms with van der Waals surface area (Å²) in [6.07, 6.45) is -0.0527. The summed E-state index contributed by atoms with van der Waals surface area (Å²) in [5.41, 5.74) is 0. The van der Waals surface area contributed by atoms with Crippen molar-refractivity contribution < 1.29 is 9.18 Å². The number of alkyl halides is 1. The summed E-state index contributed by atoms with van der Waals surface area (Å²) in [5, 5.41) is 10.2. The highest BCUT2D eigenvalue weighted by Crippen LogP contribution is 1.98. The Bertz CT molecular complexity index is 260. The standard InChI is InChI=1S/C6H9FN4O/c1-5(7)2-3-11-6(4-12)8-9-10-11/h4-5H,2-3H2,1H3. The molecule has 1 unspecified atom stereocenters. The van der Waals surface area contributed by atoms with Crippen LogP contribution in [0.4, 0.5) is 4.39 Å². The van der Waals surface area contributed by atoms with Crippen LogP contribution in [0.25, 0.3) is 0 Å². The number of aromatic nitrogens is 4. The van der Waals surface area contributed by atoms with Crippen LogP contribution in [0.5, 0.6) is 0 Å². The van der Waals surface area contributed by atoms with Gasteiger partial charge in [-0.1, -0.05) is 0 Å². The molecule has 0 aromatic carbocycles. The fraction of sp³-hybridized carbons (Fsp3) is 0.667. The van der Waals surface area contributed by atoms with Gasteiger partial charge in [-0.15, -0.1) is 5.10 Å². The molecular weight excluding hydrogens is 163 g/mol. The highest BCUT2D eigenvalue weighted by atomic mass is 19.1. The zero-order valence-corrected chi connectivity index (χ0v) is 6.64. The Morgan fingerprint density at radius 2 is 2.50 bits per heavy atom. The van der Waals surface area contributed by atoms with Gasteiger partial charge in [0.1, 0.15) is 0 Å². The van der Waals surface area contributed by atoms with Crippen molar-refractivity contribution in [2.24, 2.45) is 0 Å². The summed E-state index contributed by atoms with van der Waals surface area (Å²) in [6, 6.07) is 0. The van der Waals surface area contributed by atoms with E-state index in [4.69, 9.17) is 0 Å². The normalized spacial score (nSPS) is 12.8. The summed E-state index contributed by atoms with van der Waals surface area (Å²) in [7, 11) is 0. The molecule has 6 heteroatoms. The van der Waals surface area contributed by atoms with Crippen molar-refractivity contribution in [3.8, 4) is 0 Å². The zero-order chi connectivity index (χ0) is 8.97. The highest BCUT2D eigenvalue weighted by Gasteiger charge is 2.05. The van der Waals surface area contributed by atoms with E-state index in [0.29, 0.717) is 19.3 Å². The first kappa shape index (κ1) is 8.76. The Morgan fingerprint density at radius 1 is 1.75 bits per heavy atom. The summed E-state index contributed by atoms with van der Waals surface area (Å²) in [5.74, 6) is 0.135. The van der Waals surface area contributed by atoms with Crippen molar-refractivity contribution in [1.29, 1.82) is 0 Å². The second-order valence-corrected chi connectivity index (χ2v) is 2.45. The third kappa shape index (κ3) is 2.08. The van der Waals surface area contributed by atoms with Crippen molar-refractivity contribution in [3.05, 3.63) is 5.82 Å². The molecule has 0 aliphatic carbocycles. The Kier molecular flexibility index (Phi) is 2.84. The van der Waals surface area contributed by atoms with Crippen LogP contribution < -0.4 is 0 Å². The van der Waals surface area contributed by atoms with Gasteiger partial charge in [0.05, 0.1) is 6.17 Å². The lowest BCUT2D eigenvalue weighted by Gasteiger charge is -2.00. The van der Waals surface area contributed by atoms with Crippen molar-refractivity contribution in [2.75, 3.05) is 0 Å². The molecule has 1 heterocycles. The molecule has 0 N–H and O–H groups in total. The number of aryl methyl sites for hydroxylation is 1. The van der Waals surface area contributed by atoms with Crippen LogP contribution in [0.2, 0.25) is 0 Å². The van der Waals surface area contributed by atoms with Crippen LogP contribution >= 0.6 is 0 Å². The maximum atomic E-state index is 12.4. The maximum absolute atomic E-state index is 12.4. The predicted octanol–water partition coefficient (Wildman–Crippen LogP) is 0.234. The highest BCUT2D eigenvalue weighted by molar-refractivity contribution is 5.68. The average molecular weight is 172 g/mol. The van der Waals surface area contributed by atoms with E-state index in [1.165, 1.54) is 11.6 Å². The molecule has 0 fully saturated rings. The molecule has 0 saturated heterocycles. The molecule has 0 aliphatic rings. The fourth-order valence-corrected chi connectivity index (χ4v) is 0.755. The lowest BCUT2D eigenvalue weighted by molar-refractivity contribution is 0.110. The number of nitrogens with zero attached hydrogens (tertiary/aromatic N) is 4. The Balaban J connectivity index is 2.56. The van der Waals surface area contributed by atoms with Crippen LogP contribution in [-0.4, -0.2) is 32.7 Å². The molecule has 0 radical (unpaired) electrons. The molecule has 0 bridgehead atoms. The first-order valence-corrected chi connectivity index (χ1v) is 3.59. The molecule has 0 saturated carbocycles. The number of halogens is 1. The van der Waals surface area contributed by atoms with Gasteiger partial charge in [0.2, 0.25) is 5.82 Å². The molecule has 0 spiro atoms. The average Bonchev–Trinajstić information content (AvgIpc) is 2.47. The summed E-state index contributed by atoms with van der Waals surface area (Å²) in [4.78, 5) is 10.3. The Hall–Kier alpha value is -1.33. The number of carbonyl (C=O) groups is 1. The molecule has 12 heavy (non-hydrogen) atoms. The third-order valence-corrected chi connectivity index (χ3v) is 1.40.